The molecular weight excluding hydrogens is 336 g/mol. The van der Waals surface area contributed by atoms with Crippen molar-refractivity contribution in [2.45, 2.75) is 53.1 Å². The van der Waals surface area contributed by atoms with E-state index in [1.165, 1.54) is 18.1 Å². The fourth-order valence-electron chi connectivity index (χ4n) is 3.05. The second-order valence-corrected chi connectivity index (χ2v) is 7.33. The van der Waals surface area contributed by atoms with Crippen molar-refractivity contribution < 1.29 is 9.59 Å². The first-order valence-corrected chi connectivity index (χ1v) is 9.58. The minimum Gasteiger partial charge on any atom is -0.325 e. The van der Waals surface area contributed by atoms with Crippen LogP contribution in [0, 0.1) is 5.92 Å². The summed E-state index contributed by atoms with van der Waals surface area (Å²) in [6.45, 7) is 9.81. The van der Waals surface area contributed by atoms with Gasteiger partial charge in [0.2, 0.25) is 5.91 Å². The van der Waals surface area contributed by atoms with Crippen molar-refractivity contribution in [2.75, 3.05) is 5.32 Å². The van der Waals surface area contributed by atoms with Crippen molar-refractivity contribution in [1.29, 1.82) is 0 Å². The summed E-state index contributed by atoms with van der Waals surface area (Å²) in [7, 11) is 0. The molecule has 27 heavy (non-hydrogen) atoms. The Labute approximate surface area is 162 Å². The van der Waals surface area contributed by atoms with Crippen LogP contribution < -0.4 is 10.6 Å². The van der Waals surface area contributed by atoms with E-state index in [0.717, 1.165) is 6.42 Å². The summed E-state index contributed by atoms with van der Waals surface area (Å²) in [6.07, 6.45) is 1.01. The Morgan fingerprint density at radius 1 is 1.00 bits per heavy atom. The minimum absolute atomic E-state index is 0.0207. The lowest BCUT2D eigenvalue weighted by molar-refractivity contribution is -0.118. The molecule has 0 heterocycles. The zero-order valence-corrected chi connectivity index (χ0v) is 16.9. The first-order chi connectivity index (χ1) is 12.8. The van der Waals surface area contributed by atoms with Crippen LogP contribution in [-0.2, 0) is 11.2 Å². The Morgan fingerprint density at radius 2 is 1.67 bits per heavy atom. The van der Waals surface area contributed by atoms with E-state index in [1.54, 1.807) is 24.3 Å². The van der Waals surface area contributed by atoms with Gasteiger partial charge >= 0.3 is 0 Å². The molecule has 1 amide bonds. The molecule has 0 aromatic heterocycles. The topological polar surface area (TPSA) is 58.2 Å². The van der Waals surface area contributed by atoms with Crippen LogP contribution in [0.2, 0.25) is 0 Å². The molecule has 2 atom stereocenters. The van der Waals surface area contributed by atoms with Gasteiger partial charge in [-0.15, -0.1) is 0 Å². The number of anilines is 1. The van der Waals surface area contributed by atoms with Crippen LogP contribution in [0.3, 0.4) is 0 Å². The largest absolute Gasteiger partial charge is 0.325 e. The molecule has 0 aliphatic rings. The van der Waals surface area contributed by atoms with Crippen molar-refractivity contribution in [3.8, 4) is 0 Å². The van der Waals surface area contributed by atoms with Gasteiger partial charge in [0.15, 0.2) is 5.78 Å². The van der Waals surface area contributed by atoms with E-state index in [0.29, 0.717) is 17.2 Å². The van der Waals surface area contributed by atoms with Crippen LogP contribution in [0.5, 0.6) is 0 Å². The molecule has 0 bridgehead atoms. The van der Waals surface area contributed by atoms with E-state index in [1.807, 2.05) is 6.92 Å². The van der Waals surface area contributed by atoms with Crippen LogP contribution in [0.25, 0.3) is 0 Å². The van der Waals surface area contributed by atoms with E-state index in [2.05, 4.69) is 55.7 Å². The zero-order chi connectivity index (χ0) is 20.0. The Kier molecular flexibility index (Phi) is 7.31. The number of nitrogens with one attached hydrogen (secondary N) is 2. The third-order valence-corrected chi connectivity index (χ3v) is 4.77. The van der Waals surface area contributed by atoms with Gasteiger partial charge in [-0.1, -0.05) is 57.2 Å². The Balaban J connectivity index is 2.07. The molecule has 0 radical (unpaired) electrons. The van der Waals surface area contributed by atoms with Gasteiger partial charge in [-0.2, -0.15) is 0 Å². The number of ketones is 1. The smallest absolute Gasteiger partial charge is 0.241 e. The molecule has 144 valence electrons. The number of hydrogen-bond acceptors (Lipinski definition) is 3. The van der Waals surface area contributed by atoms with Crippen LogP contribution in [0.15, 0.2) is 48.5 Å². The van der Waals surface area contributed by atoms with Gasteiger partial charge in [0.05, 0.1) is 6.04 Å². The van der Waals surface area contributed by atoms with Crippen LogP contribution >= 0.6 is 0 Å². The zero-order valence-electron chi connectivity index (χ0n) is 16.9. The third-order valence-electron chi connectivity index (χ3n) is 4.77. The quantitative estimate of drug-likeness (QED) is 0.662. The predicted octanol–water partition coefficient (Wildman–Crippen LogP) is 4.77. The molecule has 0 saturated carbocycles. The molecule has 0 fully saturated rings. The maximum Gasteiger partial charge on any atom is 0.241 e. The first-order valence-electron chi connectivity index (χ1n) is 9.58. The van der Waals surface area contributed by atoms with Crippen molar-refractivity contribution in [3.05, 3.63) is 65.2 Å². The summed E-state index contributed by atoms with van der Waals surface area (Å²) in [4.78, 5) is 24.1. The summed E-state index contributed by atoms with van der Waals surface area (Å²) in [6, 6.07) is 15.3. The summed E-state index contributed by atoms with van der Waals surface area (Å²) in [5.41, 5.74) is 3.71. The number of Topliss-reactive ketones (excluding diaryl/α,β-unsaturated/α-hetero) is 1. The van der Waals surface area contributed by atoms with Crippen LogP contribution in [-0.4, -0.2) is 17.7 Å². The summed E-state index contributed by atoms with van der Waals surface area (Å²) >= 11 is 0. The number of carbonyl (C=O) groups excluding carboxylic acids is 2. The lowest BCUT2D eigenvalue weighted by atomic mass is 9.94. The second kappa shape index (κ2) is 9.47. The molecule has 4 heteroatoms. The average molecular weight is 367 g/mol. The number of benzene rings is 2. The van der Waals surface area contributed by atoms with Gasteiger partial charge in [0.1, 0.15) is 0 Å². The minimum atomic E-state index is -0.371. The van der Waals surface area contributed by atoms with Crippen LogP contribution in [0.1, 0.15) is 62.1 Å². The van der Waals surface area contributed by atoms with Gasteiger partial charge < -0.3 is 5.32 Å². The fourth-order valence-corrected chi connectivity index (χ4v) is 3.05. The SMILES string of the molecule is CCc1ccc([C@H](N[C@H](C)C(=O)Nc2cccc(C(C)=O)c2)C(C)C)cc1. The Morgan fingerprint density at radius 3 is 2.22 bits per heavy atom. The second-order valence-electron chi connectivity index (χ2n) is 7.33. The number of hydrogen-bond donors (Lipinski definition) is 2. The van der Waals surface area contributed by atoms with E-state index in [-0.39, 0.29) is 23.8 Å². The first kappa shape index (κ1) is 20.8. The normalized spacial score (nSPS) is 13.3. The van der Waals surface area contributed by atoms with Gasteiger partial charge in [-0.3, -0.25) is 14.9 Å². The molecular formula is C23H30N2O2. The molecule has 0 saturated heterocycles. The van der Waals surface area contributed by atoms with Crippen molar-refractivity contribution in [2.24, 2.45) is 5.92 Å². The number of amides is 1. The Hall–Kier alpha value is -2.46. The highest BCUT2D eigenvalue weighted by atomic mass is 16.2. The standard InChI is InChI=1S/C23H30N2O2/c1-6-18-10-12-19(13-11-18)22(15(2)3)24-16(4)23(27)25-21-9-7-8-20(14-21)17(5)26/h7-16,22,24H,6H2,1-5H3,(H,25,27)/t16-,22-/m1/s1. The molecule has 4 nitrogen and oxygen atoms in total. The number of carbonyl (C=O) groups is 2. The lowest BCUT2D eigenvalue weighted by Gasteiger charge is -2.26. The summed E-state index contributed by atoms with van der Waals surface area (Å²) < 4.78 is 0. The molecule has 2 aromatic carbocycles. The fraction of sp³-hybridized carbons (Fsp3) is 0.391. The highest BCUT2D eigenvalue weighted by Crippen LogP contribution is 2.23. The van der Waals surface area contributed by atoms with Gasteiger partial charge in [-0.25, -0.2) is 0 Å². The van der Waals surface area contributed by atoms with Gasteiger partial charge in [-0.05, 0) is 49.4 Å². The number of rotatable bonds is 8. The maximum absolute atomic E-state index is 12.6. The molecule has 2 N–H and O–H groups in total. The van der Waals surface area contributed by atoms with Crippen LogP contribution in [0.4, 0.5) is 5.69 Å². The molecule has 2 aromatic rings. The highest BCUT2D eigenvalue weighted by Gasteiger charge is 2.22. The van der Waals surface area contributed by atoms with Gasteiger partial charge in [0, 0.05) is 17.3 Å². The number of aryl methyl sites for hydroxylation is 1. The predicted molar refractivity (Wildman–Crippen MR) is 111 cm³/mol. The third kappa shape index (κ3) is 5.76. The average Bonchev–Trinajstić information content (AvgIpc) is 2.66. The summed E-state index contributed by atoms with van der Waals surface area (Å²) in [5.74, 6) is 0.202. The van der Waals surface area contributed by atoms with Crippen molar-refractivity contribution >= 4 is 17.4 Å². The van der Waals surface area contributed by atoms with E-state index in [9.17, 15) is 9.59 Å². The maximum atomic E-state index is 12.6. The Bertz CT molecular complexity index is 781. The summed E-state index contributed by atoms with van der Waals surface area (Å²) in [5, 5.41) is 6.35. The monoisotopic (exact) mass is 366 g/mol. The highest BCUT2D eigenvalue weighted by molar-refractivity contribution is 5.98. The van der Waals surface area contributed by atoms with E-state index in [4.69, 9.17) is 0 Å². The van der Waals surface area contributed by atoms with Crippen molar-refractivity contribution in [1.82, 2.24) is 5.32 Å². The van der Waals surface area contributed by atoms with Gasteiger partial charge in [0.25, 0.3) is 0 Å². The van der Waals surface area contributed by atoms with E-state index >= 15 is 0 Å². The van der Waals surface area contributed by atoms with Crippen molar-refractivity contribution in [3.63, 3.8) is 0 Å². The molecule has 0 aliphatic heterocycles. The molecule has 2 rings (SSSR count). The molecule has 0 spiro atoms. The van der Waals surface area contributed by atoms with E-state index < -0.39 is 0 Å². The molecule has 0 unspecified atom stereocenters. The lowest BCUT2D eigenvalue weighted by Crippen LogP contribution is -2.41. The molecule has 0 aliphatic carbocycles.